The van der Waals surface area contributed by atoms with E-state index in [1.165, 1.54) is 4.90 Å². The van der Waals surface area contributed by atoms with Crippen LogP contribution in [0, 0.1) is 11.8 Å². The smallest absolute Gasteiger partial charge is 0.242 e. The number of nitrogens with zero attached hydrogens (tertiary/aromatic N) is 1. The molecule has 5 aromatic rings. The number of fused-ring (bicyclic) bond motifs is 1. The van der Waals surface area contributed by atoms with E-state index in [4.69, 9.17) is 0 Å². The molecule has 2 atom stereocenters. The van der Waals surface area contributed by atoms with Crippen molar-refractivity contribution >= 4 is 39.8 Å². The summed E-state index contributed by atoms with van der Waals surface area (Å²) in [7, 11) is 0. The number of hydrogen-bond donors (Lipinski definition) is 0. The Morgan fingerprint density at radius 3 is 1.00 bits per heavy atom. The SMILES string of the molecule is O=C1C2C(c3ccccc3)=C(c3ccccc3)C(c3ccccc3)=C(c3ccccc3)C2C(=O)N1c1ccccc1. The average Bonchev–Trinajstić information content (AvgIpc) is 3.31. The molecule has 1 heterocycles. The highest BCUT2D eigenvalue weighted by Gasteiger charge is 2.55. The molecular formula is C38H27NO2. The normalized spacial score (nSPS) is 18.6. The van der Waals surface area contributed by atoms with Crippen molar-refractivity contribution in [3.63, 3.8) is 0 Å². The number of amides is 2. The summed E-state index contributed by atoms with van der Waals surface area (Å²) in [5.41, 5.74) is 8.24. The van der Waals surface area contributed by atoms with E-state index in [9.17, 15) is 9.59 Å². The van der Waals surface area contributed by atoms with E-state index in [-0.39, 0.29) is 11.8 Å². The minimum atomic E-state index is -0.678. The van der Waals surface area contributed by atoms with Gasteiger partial charge in [0.05, 0.1) is 17.5 Å². The Bertz CT molecular complexity index is 1670. The first-order valence-corrected chi connectivity index (χ1v) is 13.9. The maximum atomic E-state index is 14.6. The highest BCUT2D eigenvalue weighted by Crippen LogP contribution is 2.57. The molecule has 1 saturated heterocycles. The van der Waals surface area contributed by atoms with Crippen LogP contribution >= 0.6 is 0 Å². The van der Waals surface area contributed by atoms with Gasteiger partial charge in [-0.15, -0.1) is 0 Å². The zero-order valence-electron chi connectivity index (χ0n) is 22.4. The molecule has 3 nitrogen and oxygen atoms in total. The van der Waals surface area contributed by atoms with Crippen LogP contribution in [0.4, 0.5) is 5.69 Å². The van der Waals surface area contributed by atoms with Gasteiger partial charge in [-0.25, -0.2) is 4.90 Å². The lowest BCUT2D eigenvalue weighted by Crippen LogP contribution is -2.31. The molecule has 0 bridgehead atoms. The maximum Gasteiger partial charge on any atom is 0.242 e. The summed E-state index contributed by atoms with van der Waals surface area (Å²) in [4.78, 5) is 30.6. The Balaban J connectivity index is 1.64. The summed E-state index contributed by atoms with van der Waals surface area (Å²) < 4.78 is 0. The molecule has 7 rings (SSSR count). The third-order valence-corrected chi connectivity index (χ3v) is 8.03. The third-order valence-electron chi connectivity index (χ3n) is 8.03. The maximum absolute atomic E-state index is 14.6. The van der Waals surface area contributed by atoms with Gasteiger partial charge in [0.15, 0.2) is 0 Å². The fourth-order valence-electron chi connectivity index (χ4n) is 6.36. The highest BCUT2D eigenvalue weighted by molar-refractivity contribution is 6.36. The van der Waals surface area contributed by atoms with Crippen LogP contribution in [0.3, 0.4) is 0 Å². The van der Waals surface area contributed by atoms with Crippen LogP contribution in [0.15, 0.2) is 152 Å². The van der Waals surface area contributed by atoms with Crippen molar-refractivity contribution in [3.8, 4) is 0 Å². The average molecular weight is 530 g/mol. The summed E-state index contributed by atoms with van der Waals surface area (Å²) in [6.07, 6.45) is 0. The Kier molecular flexibility index (Phi) is 6.25. The van der Waals surface area contributed by atoms with E-state index in [0.717, 1.165) is 44.5 Å². The van der Waals surface area contributed by atoms with E-state index in [2.05, 4.69) is 24.3 Å². The molecule has 0 saturated carbocycles. The molecule has 41 heavy (non-hydrogen) atoms. The highest BCUT2D eigenvalue weighted by atomic mass is 16.2. The largest absolute Gasteiger partial charge is 0.273 e. The van der Waals surface area contributed by atoms with E-state index in [1.54, 1.807) is 0 Å². The fraction of sp³-hybridized carbons (Fsp3) is 0.0526. The van der Waals surface area contributed by atoms with Crippen molar-refractivity contribution in [3.05, 3.63) is 174 Å². The van der Waals surface area contributed by atoms with Gasteiger partial charge < -0.3 is 0 Å². The first-order valence-electron chi connectivity index (χ1n) is 13.9. The molecule has 1 fully saturated rings. The lowest BCUT2D eigenvalue weighted by atomic mass is 9.66. The molecule has 1 aliphatic heterocycles. The molecule has 5 aromatic carbocycles. The van der Waals surface area contributed by atoms with Crippen molar-refractivity contribution in [1.82, 2.24) is 0 Å². The van der Waals surface area contributed by atoms with Crippen LogP contribution in [-0.4, -0.2) is 11.8 Å². The molecule has 2 amide bonds. The topological polar surface area (TPSA) is 37.4 Å². The second kappa shape index (κ2) is 10.4. The number of carbonyl (C=O) groups is 2. The molecule has 3 heteroatoms. The van der Waals surface area contributed by atoms with E-state index < -0.39 is 11.8 Å². The summed E-state index contributed by atoms with van der Waals surface area (Å²) in [6.45, 7) is 0. The number of allylic oxidation sites excluding steroid dienone is 2. The predicted molar refractivity (Wildman–Crippen MR) is 165 cm³/mol. The van der Waals surface area contributed by atoms with Gasteiger partial charge in [-0.05, 0) is 56.7 Å². The van der Waals surface area contributed by atoms with Crippen LogP contribution in [0.25, 0.3) is 22.3 Å². The van der Waals surface area contributed by atoms with Gasteiger partial charge in [-0.1, -0.05) is 140 Å². The lowest BCUT2D eigenvalue weighted by molar-refractivity contribution is -0.122. The van der Waals surface area contributed by atoms with E-state index in [1.807, 2.05) is 127 Å². The van der Waals surface area contributed by atoms with Crippen molar-refractivity contribution in [2.75, 3.05) is 4.90 Å². The van der Waals surface area contributed by atoms with Gasteiger partial charge in [-0.3, -0.25) is 9.59 Å². The molecule has 2 aliphatic rings. The second-order valence-electron chi connectivity index (χ2n) is 10.3. The number of hydrogen-bond acceptors (Lipinski definition) is 2. The quantitative estimate of drug-likeness (QED) is 0.216. The van der Waals surface area contributed by atoms with E-state index >= 15 is 0 Å². The fourth-order valence-corrected chi connectivity index (χ4v) is 6.36. The molecule has 196 valence electrons. The number of benzene rings is 5. The molecule has 0 N–H and O–H groups in total. The van der Waals surface area contributed by atoms with Crippen LogP contribution in [0.5, 0.6) is 0 Å². The molecular weight excluding hydrogens is 502 g/mol. The summed E-state index contributed by atoms with van der Waals surface area (Å²) in [5.74, 6) is -1.75. The van der Waals surface area contributed by atoms with Gasteiger partial charge in [0.25, 0.3) is 0 Å². The Morgan fingerprint density at radius 2 is 0.659 bits per heavy atom. The Morgan fingerprint density at radius 1 is 0.366 bits per heavy atom. The van der Waals surface area contributed by atoms with Crippen LogP contribution in [0.2, 0.25) is 0 Å². The van der Waals surface area contributed by atoms with Gasteiger partial charge in [0.2, 0.25) is 11.8 Å². The van der Waals surface area contributed by atoms with Crippen LogP contribution in [-0.2, 0) is 9.59 Å². The number of anilines is 1. The van der Waals surface area contributed by atoms with E-state index in [0.29, 0.717) is 5.69 Å². The minimum absolute atomic E-state index is 0.195. The van der Waals surface area contributed by atoms with Crippen LogP contribution in [0.1, 0.15) is 22.3 Å². The molecule has 2 unspecified atom stereocenters. The zero-order valence-corrected chi connectivity index (χ0v) is 22.4. The van der Waals surface area contributed by atoms with Gasteiger partial charge in [-0.2, -0.15) is 0 Å². The van der Waals surface area contributed by atoms with Crippen molar-refractivity contribution < 1.29 is 9.59 Å². The van der Waals surface area contributed by atoms with Crippen molar-refractivity contribution in [2.45, 2.75) is 0 Å². The predicted octanol–water partition coefficient (Wildman–Crippen LogP) is 8.03. The molecule has 1 aliphatic carbocycles. The van der Waals surface area contributed by atoms with Gasteiger partial charge in [0, 0.05) is 0 Å². The molecule has 0 spiro atoms. The van der Waals surface area contributed by atoms with Gasteiger partial charge in [0.1, 0.15) is 0 Å². The number of carbonyl (C=O) groups excluding carboxylic acids is 2. The number of rotatable bonds is 5. The van der Waals surface area contributed by atoms with Crippen molar-refractivity contribution in [1.29, 1.82) is 0 Å². The number of imide groups is 1. The third kappa shape index (κ3) is 4.14. The molecule has 0 radical (unpaired) electrons. The van der Waals surface area contributed by atoms with Gasteiger partial charge >= 0.3 is 0 Å². The Labute approximate surface area is 239 Å². The lowest BCUT2D eigenvalue weighted by Gasteiger charge is -2.34. The first kappa shape index (κ1) is 24.7. The number of para-hydroxylation sites is 1. The summed E-state index contributed by atoms with van der Waals surface area (Å²) in [5, 5.41) is 0. The first-order chi connectivity index (χ1) is 20.2. The Hall–Kier alpha value is -5.28. The molecule has 0 aromatic heterocycles. The minimum Gasteiger partial charge on any atom is -0.273 e. The zero-order chi connectivity index (χ0) is 27.8. The van der Waals surface area contributed by atoms with Crippen LogP contribution < -0.4 is 4.90 Å². The standard InChI is InChI=1S/C38H27NO2/c40-37-35-33(28-20-10-3-11-21-28)31(26-16-6-1-7-17-26)32(27-18-8-2-9-19-27)34(29-22-12-4-13-23-29)36(35)38(41)39(37)30-24-14-5-15-25-30/h1-25,35-36H. The second-order valence-corrected chi connectivity index (χ2v) is 10.3. The van der Waals surface area contributed by atoms with Crippen molar-refractivity contribution in [2.24, 2.45) is 11.8 Å². The summed E-state index contributed by atoms with van der Waals surface area (Å²) >= 11 is 0. The monoisotopic (exact) mass is 529 g/mol. The summed E-state index contributed by atoms with van der Waals surface area (Å²) in [6, 6.07) is 49.9.